The van der Waals surface area contributed by atoms with Gasteiger partial charge in [-0.05, 0) is 42.7 Å². The number of rotatable bonds is 6. The van der Waals surface area contributed by atoms with Crippen LogP contribution >= 0.6 is 0 Å². The van der Waals surface area contributed by atoms with E-state index in [1.807, 2.05) is 23.1 Å². The maximum absolute atomic E-state index is 13.5. The molecular weight excluding hydrogens is 380 g/mol. The van der Waals surface area contributed by atoms with Gasteiger partial charge in [0.2, 0.25) is 0 Å². The molecule has 1 saturated carbocycles. The number of carbonyl (C=O) groups excluding carboxylic acids is 1. The van der Waals surface area contributed by atoms with Gasteiger partial charge >= 0.3 is 5.63 Å². The van der Waals surface area contributed by atoms with Crippen LogP contribution in [0.25, 0.3) is 11.0 Å². The molecule has 3 atom stereocenters. The third kappa shape index (κ3) is 3.94. The van der Waals surface area contributed by atoms with E-state index < -0.39 is 5.63 Å². The van der Waals surface area contributed by atoms with Gasteiger partial charge in [0.15, 0.2) is 0 Å². The van der Waals surface area contributed by atoms with Crippen LogP contribution in [-0.2, 0) is 4.74 Å². The van der Waals surface area contributed by atoms with Crippen LogP contribution in [0, 0.1) is 17.8 Å². The number of allylic oxidation sites excluding steroid dienone is 2. The molecule has 158 valence electrons. The minimum atomic E-state index is -0.546. The van der Waals surface area contributed by atoms with Gasteiger partial charge in [-0.25, -0.2) is 4.79 Å². The maximum atomic E-state index is 13.5. The van der Waals surface area contributed by atoms with Crippen molar-refractivity contribution in [1.29, 1.82) is 0 Å². The van der Waals surface area contributed by atoms with E-state index in [1.165, 1.54) is 11.3 Å². The Hall–Kier alpha value is -2.44. The molecule has 5 rings (SSSR count). The number of nitrogens with zero attached hydrogens (tertiary/aromatic N) is 1. The summed E-state index contributed by atoms with van der Waals surface area (Å²) in [7, 11) is 0. The first-order valence-corrected chi connectivity index (χ1v) is 11.1. The zero-order valence-electron chi connectivity index (χ0n) is 17.2. The lowest BCUT2D eigenvalue weighted by Crippen LogP contribution is -3.14. The Bertz CT molecular complexity index is 1010. The van der Waals surface area contributed by atoms with Crippen molar-refractivity contribution >= 4 is 16.9 Å². The Morgan fingerprint density at radius 3 is 2.73 bits per heavy atom. The third-order valence-electron chi connectivity index (χ3n) is 6.97. The summed E-state index contributed by atoms with van der Waals surface area (Å²) in [5.74, 6) is 1.51. The van der Waals surface area contributed by atoms with Crippen LogP contribution in [0.2, 0.25) is 0 Å². The molecule has 1 saturated heterocycles. The quantitative estimate of drug-likeness (QED) is 0.578. The van der Waals surface area contributed by atoms with Crippen molar-refractivity contribution in [2.45, 2.75) is 12.8 Å². The summed E-state index contributed by atoms with van der Waals surface area (Å²) in [5.41, 5.74) is 0.112. The number of fused-ring (bicyclic) bond motifs is 3. The van der Waals surface area contributed by atoms with Crippen LogP contribution in [0.1, 0.15) is 23.2 Å². The molecule has 1 aromatic carbocycles. The van der Waals surface area contributed by atoms with Crippen LogP contribution in [0.15, 0.2) is 51.7 Å². The summed E-state index contributed by atoms with van der Waals surface area (Å²) in [6, 6.07) is 9.04. The second-order valence-electron chi connectivity index (χ2n) is 8.89. The fraction of sp³-hybridized carbons (Fsp3) is 0.500. The van der Waals surface area contributed by atoms with Gasteiger partial charge in [0.05, 0.1) is 26.3 Å². The molecule has 0 radical (unpaired) electrons. The molecule has 30 heavy (non-hydrogen) atoms. The number of carbonyl (C=O) groups is 1. The van der Waals surface area contributed by atoms with E-state index in [0.717, 1.165) is 44.7 Å². The highest BCUT2D eigenvalue weighted by Gasteiger charge is 2.37. The Morgan fingerprint density at radius 1 is 1.13 bits per heavy atom. The topological polar surface area (TPSA) is 64.2 Å². The first kappa shape index (κ1) is 19.5. The monoisotopic (exact) mass is 409 g/mol. The van der Waals surface area contributed by atoms with Crippen molar-refractivity contribution in [3.63, 3.8) is 0 Å². The molecule has 1 aromatic heterocycles. The molecule has 6 heteroatoms. The first-order valence-electron chi connectivity index (χ1n) is 11.1. The summed E-state index contributed by atoms with van der Waals surface area (Å²) in [5, 5.41) is 0.780. The lowest BCUT2D eigenvalue weighted by molar-refractivity contribution is -0.907. The average molecular weight is 410 g/mol. The molecule has 2 heterocycles. The lowest BCUT2D eigenvalue weighted by atomic mass is 9.93. The number of hydrogen-bond acceptors (Lipinski definition) is 4. The van der Waals surface area contributed by atoms with Gasteiger partial charge in [0, 0.05) is 11.9 Å². The SMILES string of the molecule is O=C(c1cc2ccccc2oc1=O)N(CC[NH+]1CCOCC1)C[C@@H]1C[C@@H]2C=C[C@H]1C2. The zero-order valence-corrected chi connectivity index (χ0v) is 17.2. The first-order chi connectivity index (χ1) is 14.7. The molecule has 0 unspecified atom stereocenters. The van der Waals surface area contributed by atoms with Crippen molar-refractivity contribution in [3.8, 4) is 0 Å². The Kier molecular flexibility index (Phi) is 5.44. The Labute approximate surface area is 176 Å². The van der Waals surface area contributed by atoms with E-state index in [-0.39, 0.29) is 11.5 Å². The van der Waals surface area contributed by atoms with E-state index in [1.54, 1.807) is 12.1 Å². The number of morpholine rings is 1. The fourth-order valence-electron chi connectivity index (χ4n) is 5.25. The van der Waals surface area contributed by atoms with Crippen molar-refractivity contribution in [3.05, 3.63) is 58.5 Å². The fourth-order valence-corrected chi connectivity index (χ4v) is 5.25. The maximum Gasteiger partial charge on any atom is 0.349 e. The van der Waals surface area contributed by atoms with E-state index in [4.69, 9.17) is 9.15 Å². The smallest absolute Gasteiger partial charge is 0.349 e. The number of hydrogen-bond donors (Lipinski definition) is 1. The number of ether oxygens (including phenoxy) is 1. The standard InChI is InChI=1S/C24H28N2O4/c27-23(21-15-19-3-1-2-4-22(19)30-24(21)28)26(8-7-25-9-11-29-12-10-25)16-20-14-17-5-6-18(20)13-17/h1-6,15,17-18,20H,7-14,16H2/p+1/t17-,18+,20+/m1/s1. The molecule has 3 aliphatic rings. The number of nitrogens with one attached hydrogen (secondary N) is 1. The molecule has 2 bridgehead atoms. The highest BCUT2D eigenvalue weighted by Crippen LogP contribution is 2.43. The molecule has 1 amide bonds. The number of benzene rings is 1. The molecule has 1 N–H and O–H groups in total. The van der Waals surface area contributed by atoms with Gasteiger partial charge in [0.25, 0.3) is 5.91 Å². The van der Waals surface area contributed by atoms with Gasteiger partial charge in [-0.2, -0.15) is 0 Å². The molecule has 6 nitrogen and oxygen atoms in total. The second-order valence-corrected chi connectivity index (χ2v) is 8.89. The van der Waals surface area contributed by atoms with Crippen LogP contribution in [0.4, 0.5) is 0 Å². The van der Waals surface area contributed by atoms with Crippen LogP contribution in [-0.4, -0.2) is 56.7 Å². The van der Waals surface area contributed by atoms with Gasteiger partial charge in [-0.1, -0.05) is 30.4 Å². The molecular formula is C24H29N2O4+. The van der Waals surface area contributed by atoms with Gasteiger partial charge in [-0.15, -0.1) is 0 Å². The van der Waals surface area contributed by atoms with Crippen molar-refractivity contribution < 1.29 is 18.8 Å². The van der Waals surface area contributed by atoms with E-state index in [9.17, 15) is 9.59 Å². The Balaban J connectivity index is 1.38. The van der Waals surface area contributed by atoms with Gasteiger partial charge < -0.3 is 19.0 Å². The van der Waals surface area contributed by atoms with Crippen LogP contribution < -0.4 is 10.5 Å². The average Bonchev–Trinajstić information content (AvgIpc) is 3.40. The zero-order chi connectivity index (χ0) is 20.5. The van der Waals surface area contributed by atoms with Crippen LogP contribution in [0.3, 0.4) is 0 Å². The highest BCUT2D eigenvalue weighted by atomic mass is 16.5. The van der Waals surface area contributed by atoms with E-state index >= 15 is 0 Å². The molecule has 0 spiro atoms. The third-order valence-corrected chi connectivity index (χ3v) is 6.97. The number of para-hydroxylation sites is 1. The van der Waals surface area contributed by atoms with E-state index in [2.05, 4.69) is 12.2 Å². The molecule has 2 aliphatic carbocycles. The summed E-state index contributed by atoms with van der Waals surface area (Å²) in [6.45, 7) is 5.72. The Morgan fingerprint density at radius 2 is 1.97 bits per heavy atom. The van der Waals surface area contributed by atoms with Crippen molar-refractivity contribution in [1.82, 2.24) is 4.90 Å². The second kappa shape index (κ2) is 8.36. The summed E-state index contributed by atoms with van der Waals surface area (Å²) in [4.78, 5) is 29.5. The van der Waals surface area contributed by atoms with Gasteiger partial charge in [0.1, 0.15) is 24.2 Å². The summed E-state index contributed by atoms with van der Waals surface area (Å²) < 4.78 is 10.9. The molecule has 2 aromatic rings. The number of quaternary nitrogens is 1. The minimum absolute atomic E-state index is 0.143. The highest BCUT2D eigenvalue weighted by molar-refractivity contribution is 5.96. The summed E-state index contributed by atoms with van der Waals surface area (Å²) >= 11 is 0. The van der Waals surface area contributed by atoms with Crippen molar-refractivity contribution in [2.75, 3.05) is 45.9 Å². The van der Waals surface area contributed by atoms with Crippen molar-refractivity contribution in [2.24, 2.45) is 17.8 Å². The largest absolute Gasteiger partial charge is 0.422 e. The normalized spacial score (nSPS) is 25.8. The molecule has 1 aliphatic heterocycles. The predicted octanol–water partition coefficient (Wildman–Crippen LogP) is 1.36. The van der Waals surface area contributed by atoms with E-state index in [0.29, 0.717) is 36.4 Å². The number of amides is 1. The van der Waals surface area contributed by atoms with Gasteiger partial charge in [-0.3, -0.25) is 4.79 Å². The summed E-state index contributed by atoms with van der Waals surface area (Å²) in [6.07, 6.45) is 6.99. The predicted molar refractivity (Wildman–Crippen MR) is 114 cm³/mol. The van der Waals surface area contributed by atoms with Crippen LogP contribution in [0.5, 0.6) is 0 Å². The lowest BCUT2D eigenvalue weighted by Gasteiger charge is -2.31. The minimum Gasteiger partial charge on any atom is -0.422 e. The molecule has 2 fully saturated rings.